The Labute approximate surface area is 337 Å². The molecule has 1 aromatic heterocycles. The van der Waals surface area contributed by atoms with E-state index >= 15 is 0 Å². The zero-order valence-corrected chi connectivity index (χ0v) is 36.8. The molecule has 0 unspecified atom stereocenters. The number of fused-ring (bicyclic) bond motifs is 2. The molecule has 2 aliphatic rings. The van der Waals surface area contributed by atoms with Crippen LogP contribution in [0, 0.1) is 0 Å². The summed E-state index contributed by atoms with van der Waals surface area (Å²) >= 11 is 1.31. The Morgan fingerprint density at radius 3 is 2.00 bits per heavy atom. The van der Waals surface area contributed by atoms with Crippen molar-refractivity contribution in [2.75, 3.05) is 19.6 Å². The Bertz CT molecular complexity index is 1540. The van der Waals surface area contributed by atoms with Gasteiger partial charge in [-0.05, 0) is 80.1 Å². The van der Waals surface area contributed by atoms with Gasteiger partial charge in [0.2, 0.25) is 5.96 Å². The van der Waals surface area contributed by atoms with Crippen molar-refractivity contribution in [3.63, 3.8) is 0 Å². The van der Waals surface area contributed by atoms with Crippen molar-refractivity contribution in [3.05, 3.63) is 10.0 Å². The molecule has 2 aliphatic heterocycles. The lowest BCUT2D eigenvalue weighted by atomic mass is 9.82. The van der Waals surface area contributed by atoms with E-state index in [1.54, 1.807) is 51.5 Å². The molecule has 2 saturated heterocycles. The van der Waals surface area contributed by atoms with E-state index in [2.05, 4.69) is 53.5 Å². The van der Waals surface area contributed by atoms with Crippen LogP contribution in [0.4, 0.5) is 14.4 Å². The number of alkyl carbamates (subject to hydrolysis) is 2. The van der Waals surface area contributed by atoms with Gasteiger partial charge in [-0.25, -0.2) is 14.4 Å². The predicted octanol–water partition coefficient (Wildman–Crippen LogP) is 7.56. The molecule has 2 atom stereocenters. The van der Waals surface area contributed by atoms with Gasteiger partial charge in [0.15, 0.2) is 0 Å². The number of aromatic nitrogens is 2. The monoisotopic (exact) mass is 830 g/mol. The van der Waals surface area contributed by atoms with Crippen LogP contribution in [0.15, 0.2) is 4.99 Å². The Hall–Kier alpha value is -3.13. The standard InChI is InChI=1S/C37H66N8O9S2/c1-11-15-22-37(21-14-4,23-16-12-2)44(25-17-13-3)53-56(49,50)54-45-27-18-19-28(43(26-27)34(45)48)30-42-41-29(55-30)20-24-38-31(39-32(46)51-35(5,6)7)40-33(47)52-36(8,9)10/h27-28H,11-26H2,1-10H3,(H2,38,39,40,46,47)/t27-,28-/m0/s1. The molecule has 0 saturated carbocycles. The van der Waals surface area contributed by atoms with Crippen LogP contribution in [0.5, 0.6) is 0 Å². The number of urea groups is 1. The number of carbonyl (C=O) groups is 3. The summed E-state index contributed by atoms with van der Waals surface area (Å²) in [6.07, 6.45) is 8.48. The average molecular weight is 831 g/mol. The minimum absolute atomic E-state index is 0.121. The van der Waals surface area contributed by atoms with E-state index in [0.717, 1.165) is 69.3 Å². The van der Waals surface area contributed by atoms with Crippen LogP contribution in [0.2, 0.25) is 0 Å². The van der Waals surface area contributed by atoms with Crippen LogP contribution < -0.4 is 10.6 Å². The number of carbonyl (C=O) groups excluding carboxylic acids is 3. The maximum atomic E-state index is 13.7. The third-order valence-electron chi connectivity index (χ3n) is 9.23. The molecule has 0 radical (unpaired) electrons. The highest BCUT2D eigenvalue weighted by molar-refractivity contribution is 7.81. The van der Waals surface area contributed by atoms with Gasteiger partial charge in [-0.15, -0.1) is 14.5 Å². The largest absolute Gasteiger partial charge is 0.444 e. The number of nitrogens with zero attached hydrogens (tertiary/aromatic N) is 6. The number of hydroxylamine groups is 4. The lowest BCUT2D eigenvalue weighted by Gasteiger charge is -2.43. The van der Waals surface area contributed by atoms with E-state index in [1.807, 2.05) is 0 Å². The summed E-state index contributed by atoms with van der Waals surface area (Å²) in [6.45, 7) is 19.5. The second kappa shape index (κ2) is 21.0. The molecule has 320 valence electrons. The first-order valence-corrected chi connectivity index (χ1v) is 22.3. The number of unbranched alkanes of at least 4 members (excludes halogenated alkanes) is 3. The zero-order valence-electron chi connectivity index (χ0n) is 35.1. The molecule has 17 nitrogen and oxygen atoms in total. The number of piperidine rings is 1. The fourth-order valence-electron chi connectivity index (χ4n) is 6.77. The van der Waals surface area contributed by atoms with E-state index in [4.69, 9.17) is 18.0 Å². The molecule has 3 rings (SSSR count). The molecular formula is C37H66N8O9S2. The molecule has 19 heteroatoms. The first-order valence-electron chi connectivity index (χ1n) is 20.1. The molecule has 0 spiro atoms. The Kier molecular flexibility index (Phi) is 17.8. The molecule has 0 aromatic carbocycles. The maximum Gasteiger partial charge on any atom is 0.437 e. The quantitative estimate of drug-likeness (QED) is 0.0745. The maximum absolute atomic E-state index is 13.7. The van der Waals surface area contributed by atoms with Crippen LogP contribution in [0.3, 0.4) is 0 Å². The molecular weight excluding hydrogens is 765 g/mol. The van der Waals surface area contributed by atoms with Gasteiger partial charge in [0.25, 0.3) is 0 Å². The molecule has 2 fully saturated rings. The molecule has 0 aliphatic carbocycles. The summed E-state index contributed by atoms with van der Waals surface area (Å²) in [7, 11) is -4.65. The van der Waals surface area contributed by atoms with Crippen molar-refractivity contribution in [1.29, 1.82) is 0 Å². The zero-order chi connectivity index (χ0) is 41.7. The summed E-state index contributed by atoms with van der Waals surface area (Å²) in [5, 5.41) is 17.4. The SMILES string of the molecule is CCCCN(OS(=O)(=O)ON1C(=O)N2C[C@@H]1CC[C@H]2c1nnc(CCN=C(NC(=O)OC(C)(C)C)NC(=O)OC(C)(C)C)s1)C(CCC)(CCCC)CCCC. The summed E-state index contributed by atoms with van der Waals surface area (Å²) in [4.78, 5) is 44.5. The Morgan fingerprint density at radius 1 is 0.875 bits per heavy atom. The fourth-order valence-corrected chi connectivity index (χ4v) is 8.61. The number of rotatable bonds is 20. The van der Waals surface area contributed by atoms with Gasteiger partial charge >= 0.3 is 28.6 Å². The van der Waals surface area contributed by atoms with E-state index in [-0.39, 0.29) is 19.0 Å². The van der Waals surface area contributed by atoms with E-state index in [9.17, 15) is 22.8 Å². The van der Waals surface area contributed by atoms with Gasteiger partial charge < -0.3 is 14.4 Å². The number of amides is 4. The predicted molar refractivity (Wildman–Crippen MR) is 214 cm³/mol. The minimum Gasteiger partial charge on any atom is -0.444 e. The van der Waals surface area contributed by atoms with Crippen LogP contribution in [-0.4, -0.2) is 100 Å². The van der Waals surface area contributed by atoms with Crippen LogP contribution in [0.25, 0.3) is 0 Å². The summed E-state index contributed by atoms with van der Waals surface area (Å²) in [6, 6.07) is -1.48. The van der Waals surface area contributed by atoms with Crippen molar-refractivity contribution in [2.24, 2.45) is 4.99 Å². The second-order valence-corrected chi connectivity index (χ2v) is 18.7. The first-order chi connectivity index (χ1) is 26.2. The molecule has 56 heavy (non-hydrogen) atoms. The third kappa shape index (κ3) is 14.7. The molecule has 1 aromatic rings. The number of hydrogen-bond acceptors (Lipinski definition) is 14. The van der Waals surface area contributed by atoms with E-state index in [1.165, 1.54) is 11.3 Å². The highest BCUT2D eigenvalue weighted by Crippen LogP contribution is 2.40. The van der Waals surface area contributed by atoms with Crippen molar-refractivity contribution >= 4 is 45.9 Å². The van der Waals surface area contributed by atoms with E-state index in [0.29, 0.717) is 35.8 Å². The lowest BCUT2D eigenvalue weighted by Crippen LogP contribution is -2.51. The fraction of sp³-hybridized carbons (Fsp3) is 0.838. The number of aliphatic imine (C=N–C) groups is 1. The number of nitrogens with one attached hydrogen (secondary N) is 2. The molecule has 2 bridgehead atoms. The van der Waals surface area contributed by atoms with E-state index < -0.39 is 57.4 Å². The van der Waals surface area contributed by atoms with Crippen molar-refractivity contribution in [1.82, 2.24) is 35.9 Å². The van der Waals surface area contributed by atoms with Gasteiger partial charge in [0.05, 0.1) is 12.1 Å². The van der Waals surface area contributed by atoms with Gasteiger partial charge in [-0.3, -0.25) is 15.6 Å². The van der Waals surface area contributed by atoms with Crippen LogP contribution in [-0.2, 0) is 34.9 Å². The number of guanidine groups is 1. The first kappa shape index (κ1) is 47.2. The summed E-state index contributed by atoms with van der Waals surface area (Å²) in [5.74, 6) is -0.148. The van der Waals surface area contributed by atoms with Gasteiger partial charge in [-0.2, -0.15) is 22.8 Å². The third-order valence-corrected chi connectivity index (χ3v) is 11.0. The second-order valence-electron chi connectivity index (χ2n) is 16.5. The normalized spacial score (nSPS) is 17.7. The van der Waals surface area contributed by atoms with Crippen LogP contribution in [0.1, 0.15) is 162 Å². The molecule has 4 amide bonds. The van der Waals surface area contributed by atoms with Crippen molar-refractivity contribution < 1.29 is 40.8 Å². The lowest BCUT2D eigenvalue weighted by molar-refractivity contribution is -0.172. The van der Waals surface area contributed by atoms with Crippen molar-refractivity contribution in [2.45, 2.75) is 182 Å². The van der Waals surface area contributed by atoms with Gasteiger partial charge in [0, 0.05) is 31.6 Å². The Balaban J connectivity index is 1.71. The molecule has 3 heterocycles. The van der Waals surface area contributed by atoms with Gasteiger partial charge in [0.1, 0.15) is 21.2 Å². The number of hydrogen-bond donors (Lipinski definition) is 2. The smallest absolute Gasteiger partial charge is 0.437 e. The summed E-state index contributed by atoms with van der Waals surface area (Å²) in [5.41, 5.74) is -2.01. The van der Waals surface area contributed by atoms with Gasteiger partial charge in [-0.1, -0.05) is 77.6 Å². The topological polar surface area (TPSA) is 194 Å². The average Bonchev–Trinajstić information content (AvgIpc) is 3.65. The van der Waals surface area contributed by atoms with Crippen LogP contribution >= 0.6 is 11.3 Å². The number of ether oxygens (including phenoxy) is 2. The Morgan fingerprint density at radius 2 is 1.46 bits per heavy atom. The molecule has 2 N–H and O–H groups in total. The highest BCUT2D eigenvalue weighted by Gasteiger charge is 2.50. The minimum atomic E-state index is -4.65. The highest BCUT2D eigenvalue weighted by atomic mass is 32.3. The summed E-state index contributed by atoms with van der Waals surface area (Å²) < 4.78 is 49.3. The van der Waals surface area contributed by atoms with Crippen molar-refractivity contribution in [3.8, 4) is 0 Å².